The maximum atomic E-state index is 6.10. The Morgan fingerprint density at radius 2 is 2.00 bits per heavy atom. The van der Waals surface area contributed by atoms with Crippen LogP contribution in [0.5, 0.6) is 0 Å². The van der Waals surface area contributed by atoms with E-state index in [1.807, 2.05) is 24.3 Å². The van der Waals surface area contributed by atoms with Gasteiger partial charge in [0.15, 0.2) is 0 Å². The lowest BCUT2D eigenvalue weighted by molar-refractivity contribution is 0.148. The highest BCUT2D eigenvalue weighted by Crippen LogP contribution is 2.21. The standard InChI is InChI=1S/C15H18ClN5S/c1-20-6-8-21(9-7-20)11-14-18-19-15(22-14)17-10-12-4-2-3-5-13(12)16/h2-5,10H,6-9,11H2,1H3/b17-10+. The van der Waals surface area contributed by atoms with Gasteiger partial charge < -0.3 is 4.90 Å². The van der Waals surface area contributed by atoms with Crippen LogP contribution in [0.4, 0.5) is 5.13 Å². The molecule has 1 fully saturated rings. The van der Waals surface area contributed by atoms with E-state index in [2.05, 4.69) is 32.0 Å². The molecule has 0 saturated carbocycles. The van der Waals surface area contributed by atoms with Crippen LogP contribution in [0.25, 0.3) is 0 Å². The summed E-state index contributed by atoms with van der Waals surface area (Å²) < 4.78 is 0. The molecule has 22 heavy (non-hydrogen) atoms. The maximum Gasteiger partial charge on any atom is 0.231 e. The average molecular weight is 336 g/mol. The summed E-state index contributed by atoms with van der Waals surface area (Å²) >= 11 is 7.64. The van der Waals surface area contributed by atoms with E-state index in [0.29, 0.717) is 10.2 Å². The fourth-order valence-corrected chi connectivity index (χ4v) is 3.17. The molecule has 0 amide bonds. The minimum atomic E-state index is 0.670. The van der Waals surface area contributed by atoms with Crippen LogP contribution >= 0.6 is 22.9 Å². The molecule has 0 N–H and O–H groups in total. The predicted octanol–water partition coefficient (Wildman–Crippen LogP) is 2.69. The number of aromatic nitrogens is 2. The Labute approximate surface area is 139 Å². The number of aliphatic imine (C=N–C) groups is 1. The van der Waals surface area contributed by atoms with Crippen molar-refractivity contribution in [3.05, 3.63) is 39.9 Å². The Morgan fingerprint density at radius 3 is 2.77 bits per heavy atom. The van der Waals surface area contributed by atoms with Crippen molar-refractivity contribution in [2.45, 2.75) is 6.54 Å². The van der Waals surface area contributed by atoms with Crippen molar-refractivity contribution >= 4 is 34.3 Å². The molecule has 1 aromatic heterocycles. The molecule has 0 radical (unpaired) electrons. The van der Waals surface area contributed by atoms with E-state index in [1.54, 1.807) is 6.21 Å². The van der Waals surface area contributed by atoms with Gasteiger partial charge in [0.2, 0.25) is 5.13 Å². The number of rotatable bonds is 4. The fraction of sp³-hybridized carbons (Fsp3) is 0.400. The summed E-state index contributed by atoms with van der Waals surface area (Å²) in [5.74, 6) is 0. The van der Waals surface area contributed by atoms with Crippen LogP contribution in [0.3, 0.4) is 0 Å². The molecule has 116 valence electrons. The maximum absolute atomic E-state index is 6.10. The Hall–Kier alpha value is -1.34. The molecule has 5 nitrogen and oxygen atoms in total. The van der Waals surface area contributed by atoms with Crippen LogP contribution < -0.4 is 0 Å². The number of hydrogen-bond acceptors (Lipinski definition) is 6. The number of halogens is 1. The summed E-state index contributed by atoms with van der Waals surface area (Å²) in [6, 6.07) is 7.62. The minimum Gasteiger partial charge on any atom is -0.304 e. The molecule has 0 unspecified atom stereocenters. The minimum absolute atomic E-state index is 0.670. The fourth-order valence-electron chi connectivity index (χ4n) is 2.26. The van der Waals surface area contributed by atoms with Crippen molar-refractivity contribution in [3.8, 4) is 0 Å². The molecule has 0 atom stereocenters. The van der Waals surface area contributed by atoms with Gasteiger partial charge in [-0.15, -0.1) is 10.2 Å². The first-order chi connectivity index (χ1) is 10.7. The first-order valence-corrected chi connectivity index (χ1v) is 8.42. The first-order valence-electron chi connectivity index (χ1n) is 7.22. The van der Waals surface area contributed by atoms with Gasteiger partial charge in [0, 0.05) is 43.0 Å². The third-order valence-corrected chi connectivity index (χ3v) is 4.79. The van der Waals surface area contributed by atoms with E-state index in [0.717, 1.165) is 43.3 Å². The summed E-state index contributed by atoms with van der Waals surface area (Å²) in [5, 5.41) is 10.7. The molecule has 3 rings (SSSR count). The monoisotopic (exact) mass is 335 g/mol. The molecule has 1 aliphatic rings. The highest BCUT2D eigenvalue weighted by atomic mass is 35.5. The van der Waals surface area contributed by atoms with Gasteiger partial charge in [-0.05, 0) is 13.1 Å². The number of piperazine rings is 1. The SMILES string of the molecule is CN1CCN(Cc2nnc(/N=C/c3ccccc3Cl)s2)CC1. The molecular formula is C15H18ClN5S. The topological polar surface area (TPSA) is 44.6 Å². The van der Waals surface area contributed by atoms with Gasteiger partial charge in [-0.25, -0.2) is 4.99 Å². The lowest BCUT2D eigenvalue weighted by Gasteiger charge is -2.31. The highest BCUT2D eigenvalue weighted by Gasteiger charge is 2.15. The predicted molar refractivity (Wildman–Crippen MR) is 91.4 cm³/mol. The summed E-state index contributed by atoms with van der Waals surface area (Å²) in [5.41, 5.74) is 0.889. The molecule has 1 saturated heterocycles. The number of benzene rings is 1. The van der Waals surface area contributed by atoms with Gasteiger partial charge in [0.05, 0.1) is 6.54 Å². The quantitative estimate of drug-likeness (QED) is 0.806. The van der Waals surface area contributed by atoms with Crippen LogP contribution in [0.15, 0.2) is 29.3 Å². The van der Waals surface area contributed by atoms with E-state index in [1.165, 1.54) is 11.3 Å². The second kappa shape index (κ2) is 7.28. The highest BCUT2D eigenvalue weighted by molar-refractivity contribution is 7.14. The zero-order chi connectivity index (χ0) is 15.4. The second-order valence-electron chi connectivity index (χ2n) is 5.34. The van der Waals surface area contributed by atoms with E-state index in [-0.39, 0.29) is 0 Å². The van der Waals surface area contributed by atoms with Gasteiger partial charge >= 0.3 is 0 Å². The van der Waals surface area contributed by atoms with Crippen molar-refractivity contribution in [2.75, 3.05) is 33.2 Å². The van der Waals surface area contributed by atoms with Crippen LogP contribution in [0, 0.1) is 0 Å². The summed E-state index contributed by atoms with van der Waals surface area (Å²) in [6.07, 6.45) is 1.74. The van der Waals surface area contributed by atoms with E-state index in [9.17, 15) is 0 Å². The number of hydrogen-bond donors (Lipinski definition) is 0. The zero-order valence-electron chi connectivity index (χ0n) is 12.4. The second-order valence-corrected chi connectivity index (χ2v) is 6.79. The third kappa shape index (κ3) is 4.10. The molecule has 2 heterocycles. The van der Waals surface area contributed by atoms with Crippen LogP contribution in [-0.2, 0) is 6.54 Å². The lowest BCUT2D eigenvalue weighted by atomic mass is 10.2. The van der Waals surface area contributed by atoms with Gasteiger partial charge in [-0.3, -0.25) is 4.90 Å². The zero-order valence-corrected chi connectivity index (χ0v) is 14.0. The third-order valence-electron chi connectivity index (χ3n) is 3.63. The van der Waals surface area contributed by atoms with Gasteiger partial charge in [0.1, 0.15) is 5.01 Å². The van der Waals surface area contributed by atoms with E-state index >= 15 is 0 Å². The van der Waals surface area contributed by atoms with Gasteiger partial charge in [0.25, 0.3) is 0 Å². The molecule has 0 bridgehead atoms. The Balaban J connectivity index is 1.60. The normalized spacial score (nSPS) is 17.4. The van der Waals surface area contributed by atoms with E-state index < -0.39 is 0 Å². The van der Waals surface area contributed by atoms with Gasteiger partial charge in [-0.1, -0.05) is 41.1 Å². The summed E-state index contributed by atoms with van der Waals surface area (Å²) in [4.78, 5) is 9.12. The molecule has 0 aliphatic carbocycles. The summed E-state index contributed by atoms with van der Waals surface area (Å²) in [6.45, 7) is 5.22. The van der Waals surface area contributed by atoms with Crippen molar-refractivity contribution in [1.29, 1.82) is 0 Å². The summed E-state index contributed by atoms with van der Waals surface area (Å²) in [7, 11) is 2.16. The smallest absolute Gasteiger partial charge is 0.231 e. The van der Waals surface area contributed by atoms with E-state index in [4.69, 9.17) is 11.6 Å². The molecular weight excluding hydrogens is 318 g/mol. The Morgan fingerprint density at radius 1 is 1.23 bits per heavy atom. The van der Waals surface area contributed by atoms with Crippen LogP contribution in [-0.4, -0.2) is 59.4 Å². The number of nitrogens with zero attached hydrogens (tertiary/aromatic N) is 5. The lowest BCUT2D eigenvalue weighted by Crippen LogP contribution is -2.43. The number of likely N-dealkylation sites (N-methyl/N-ethyl adjacent to an activating group) is 1. The first kappa shape index (κ1) is 15.6. The van der Waals surface area contributed by atoms with Crippen molar-refractivity contribution in [2.24, 2.45) is 4.99 Å². The molecule has 0 spiro atoms. The molecule has 1 aromatic carbocycles. The van der Waals surface area contributed by atoms with Crippen molar-refractivity contribution in [3.63, 3.8) is 0 Å². The van der Waals surface area contributed by atoms with Crippen molar-refractivity contribution in [1.82, 2.24) is 20.0 Å². The Bertz CT molecular complexity index is 649. The molecule has 7 heteroatoms. The van der Waals surface area contributed by atoms with Gasteiger partial charge in [-0.2, -0.15) is 0 Å². The molecule has 1 aliphatic heterocycles. The molecule has 2 aromatic rings. The largest absolute Gasteiger partial charge is 0.304 e. The average Bonchev–Trinajstić information content (AvgIpc) is 2.96. The van der Waals surface area contributed by atoms with Crippen LogP contribution in [0.2, 0.25) is 5.02 Å². The van der Waals surface area contributed by atoms with Crippen molar-refractivity contribution < 1.29 is 0 Å². The van der Waals surface area contributed by atoms with Crippen LogP contribution in [0.1, 0.15) is 10.6 Å². The Kier molecular flexibility index (Phi) is 5.15.